The molecule has 0 saturated heterocycles. The van der Waals surface area contributed by atoms with Gasteiger partial charge in [0.25, 0.3) is 0 Å². The van der Waals surface area contributed by atoms with E-state index in [0.29, 0.717) is 0 Å². The Labute approximate surface area is 276 Å². The number of hydrogen-bond donors (Lipinski definition) is 0. The van der Waals surface area contributed by atoms with E-state index >= 15 is 0 Å². The molecule has 0 atom stereocenters. The van der Waals surface area contributed by atoms with Crippen molar-refractivity contribution in [2.75, 3.05) is 0 Å². The Bertz CT molecular complexity index is 2800. The van der Waals surface area contributed by atoms with Crippen LogP contribution in [0.5, 0.6) is 0 Å². The van der Waals surface area contributed by atoms with Gasteiger partial charge in [0.1, 0.15) is 0 Å². The van der Waals surface area contributed by atoms with E-state index in [-0.39, 0.29) is 0 Å². The molecule has 1 heteroatoms. The molecule has 1 heterocycles. The quantitative estimate of drug-likeness (QED) is 0.174. The molecule has 218 valence electrons. The average molecular weight is 613 g/mol. The lowest BCUT2D eigenvalue weighted by molar-refractivity contribution is 1.63. The van der Waals surface area contributed by atoms with Crippen molar-refractivity contribution in [3.63, 3.8) is 0 Å². The Balaban J connectivity index is 1.20. The fourth-order valence-corrected chi connectivity index (χ4v) is 8.84. The zero-order chi connectivity index (χ0) is 30.9. The van der Waals surface area contributed by atoms with E-state index < -0.39 is 0 Å². The third-order valence-corrected chi connectivity index (χ3v) is 10.9. The molecule has 0 aliphatic heterocycles. The minimum atomic E-state index is 1.23. The molecule has 0 aliphatic rings. The van der Waals surface area contributed by atoms with E-state index in [9.17, 15) is 0 Å². The summed E-state index contributed by atoms with van der Waals surface area (Å²) >= 11 is 1.90. The lowest BCUT2D eigenvalue weighted by Gasteiger charge is -2.18. The monoisotopic (exact) mass is 612 g/mol. The first-order valence-corrected chi connectivity index (χ1v) is 17.0. The summed E-state index contributed by atoms with van der Waals surface area (Å²) in [5.41, 5.74) is 7.55. The van der Waals surface area contributed by atoms with E-state index in [4.69, 9.17) is 0 Å². The first-order valence-electron chi connectivity index (χ1n) is 16.2. The molecule has 1 aromatic heterocycles. The van der Waals surface area contributed by atoms with Gasteiger partial charge in [-0.1, -0.05) is 146 Å². The molecule has 10 rings (SSSR count). The van der Waals surface area contributed by atoms with Gasteiger partial charge in [0.2, 0.25) is 0 Å². The Morgan fingerprint density at radius 2 is 0.809 bits per heavy atom. The van der Waals surface area contributed by atoms with Gasteiger partial charge in [-0.3, -0.25) is 0 Å². The van der Waals surface area contributed by atoms with Crippen LogP contribution in [-0.2, 0) is 0 Å². The molecule has 0 radical (unpaired) electrons. The smallest absolute Gasteiger partial charge is 0.0361 e. The van der Waals surface area contributed by atoms with Crippen LogP contribution in [0.15, 0.2) is 170 Å². The molecule has 47 heavy (non-hydrogen) atoms. The van der Waals surface area contributed by atoms with E-state index in [1.54, 1.807) is 0 Å². The van der Waals surface area contributed by atoms with Crippen LogP contribution >= 0.6 is 11.3 Å². The minimum absolute atomic E-state index is 1.23. The second-order valence-electron chi connectivity index (χ2n) is 12.5. The highest BCUT2D eigenvalue weighted by molar-refractivity contribution is 7.26. The zero-order valence-corrected chi connectivity index (χ0v) is 26.4. The van der Waals surface area contributed by atoms with Crippen LogP contribution in [0.2, 0.25) is 0 Å². The molecule has 0 fully saturated rings. The first kappa shape index (κ1) is 26.5. The zero-order valence-electron chi connectivity index (χ0n) is 25.6. The fraction of sp³-hybridized carbons (Fsp3) is 0. The van der Waals surface area contributed by atoms with Crippen LogP contribution in [0.25, 0.3) is 96.6 Å². The number of hydrogen-bond acceptors (Lipinski definition) is 1. The molecule has 0 amide bonds. The highest BCUT2D eigenvalue weighted by Crippen LogP contribution is 2.46. The van der Waals surface area contributed by atoms with Gasteiger partial charge in [0.15, 0.2) is 0 Å². The summed E-state index contributed by atoms with van der Waals surface area (Å²) in [5, 5.41) is 13.0. The first-order chi connectivity index (χ1) is 23.3. The lowest BCUT2D eigenvalue weighted by atomic mass is 9.85. The minimum Gasteiger partial charge on any atom is -0.135 e. The standard InChI is InChI=1S/C46H28S/c1-2-12-31-26-33(21-20-29(31)10-1)32-13-9-14-34(27-32)44-37-16-5-7-18-39(37)45(40-19-8-6-17-38(40)44)35-22-24-41-43(28-35)47-42-25-23-30-11-3-4-15-36(30)46(41)42/h1-28H. The van der Waals surface area contributed by atoms with Gasteiger partial charge < -0.3 is 0 Å². The Hall–Kier alpha value is -5.76. The van der Waals surface area contributed by atoms with Crippen molar-refractivity contribution < 1.29 is 0 Å². The molecule has 0 aliphatic carbocycles. The third kappa shape index (κ3) is 4.14. The Kier molecular flexibility index (Phi) is 5.85. The highest BCUT2D eigenvalue weighted by atomic mass is 32.1. The molecule has 0 saturated carbocycles. The van der Waals surface area contributed by atoms with Crippen molar-refractivity contribution in [1.29, 1.82) is 0 Å². The highest BCUT2D eigenvalue weighted by Gasteiger charge is 2.18. The van der Waals surface area contributed by atoms with Crippen LogP contribution in [0, 0.1) is 0 Å². The summed E-state index contributed by atoms with van der Waals surface area (Å²) in [6, 6.07) is 62.7. The molecule has 0 bridgehead atoms. The molecule has 0 nitrogen and oxygen atoms in total. The topological polar surface area (TPSA) is 0 Å². The molecule has 9 aromatic carbocycles. The Morgan fingerprint density at radius 3 is 1.53 bits per heavy atom. The number of rotatable bonds is 3. The lowest BCUT2D eigenvalue weighted by Crippen LogP contribution is -1.91. The summed E-state index contributed by atoms with van der Waals surface area (Å²) in [5.74, 6) is 0. The van der Waals surface area contributed by atoms with Crippen LogP contribution < -0.4 is 0 Å². The second kappa shape index (κ2) is 10.4. The maximum Gasteiger partial charge on any atom is 0.0361 e. The van der Waals surface area contributed by atoms with Gasteiger partial charge in [0.05, 0.1) is 0 Å². The Morgan fingerprint density at radius 1 is 0.277 bits per heavy atom. The number of thiophene rings is 1. The van der Waals surface area contributed by atoms with Gasteiger partial charge in [0, 0.05) is 20.2 Å². The molecule has 0 unspecified atom stereocenters. The van der Waals surface area contributed by atoms with Crippen molar-refractivity contribution in [3.05, 3.63) is 170 Å². The van der Waals surface area contributed by atoms with Crippen molar-refractivity contribution in [1.82, 2.24) is 0 Å². The second-order valence-corrected chi connectivity index (χ2v) is 13.5. The summed E-state index contributed by atoms with van der Waals surface area (Å²) in [6.07, 6.45) is 0. The van der Waals surface area contributed by atoms with Crippen molar-refractivity contribution in [3.8, 4) is 33.4 Å². The molecule has 0 spiro atoms. The van der Waals surface area contributed by atoms with E-state index in [1.807, 2.05) is 11.3 Å². The summed E-state index contributed by atoms with van der Waals surface area (Å²) in [7, 11) is 0. The molecule has 10 aromatic rings. The fourth-order valence-electron chi connectivity index (χ4n) is 7.68. The third-order valence-electron chi connectivity index (χ3n) is 9.82. The van der Waals surface area contributed by atoms with Gasteiger partial charge in [-0.15, -0.1) is 11.3 Å². The summed E-state index contributed by atoms with van der Waals surface area (Å²) in [4.78, 5) is 0. The average Bonchev–Trinajstić information content (AvgIpc) is 3.52. The molecule has 0 N–H and O–H groups in total. The van der Waals surface area contributed by atoms with Gasteiger partial charge in [-0.2, -0.15) is 0 Å². The van der Waals surface area contributed by atoms with Crippen molar-refractivity contribution in [2.24, 2.45) is 0 Å². The molecular formula is C46H28S. The van der Waals surface area contributed by atoms with Crippen LogP contribution in [0.4, 0.5) is 0 Å². The van der Waals surface area contributed by atoms with E-state index in [1.165, 1.54) is 96.6 Å². The van der Waals surface area contributed by atoms with E-state index in [0.717, 1.165) is 0 Å². The van der Waals surface area contributed by atoms with Crippen LogP contribution in [0.3, 0.4) is 0 Å². The SMILES string of the molecule is c1cc(-c2ccc3ccccc3c2)cc(-c2c3ccccc3c(-c3ccc4c(c3)sc3ccc5ccccc5c34)c3ccccc23)c1. The van der Waals surface area contributed by atoms with Gasteiger partial charge in [-0.05, 0) is 101 Å². The largest absolute Gasteiger partial charge is 0.135 e. The predicted molar refractivity (Wildman–Crippen MR) is 206 cm³/mol. The van der Waals surface area contributed by atoms with Crippen LogP contribution in [-0.4, -0.2) is 0 Å². The van der Waals surface area contributed by atoms with Crippen LogP contribution in [0.1, 0.15) is 0 Å². The maximum atomic E-state index is 2.42. The molecular weight excluding hydrogens is 585 g/mol. The number of fused-ring (bicyclic) bond motifs is 8. The summed E-state index contributed by atoms with van der Waals surface area (Å²) in [6.45, 7) is 0. The maximum absolute atomic E-state index is 2.42. The van der Waals surface area contributed by atoms with E-state index in [2.05, 4.69) is 170 Å². The van der Waals surface area contributed by atoms with Gasteiger partial charge >= 0.3 is 0 Å². The van der Waals surface area contributed by atoms with Crippen molar-refractivity contribution in [2.45, 2.75) is 0 Å². The number of benzene rings is 9. The normalized spacial score (nSPS) is 11.8. The summed E-state index contributed by atoms with van der Waals surface area (Å²) < 4.78 is 2.67. The van der Waals surface area contributed by atoms with Gasteiger partial charge in [-0.25, -0.2) is 0 Å². The van der Waals surface area contributed by atoms with Crippen molar-refractivity contribution >= 4 is 74.6 Å². The predicted octanol–water partition coefficient (Wildman–Crippen LogP) is 13.7.